The molecule has 2 N–H and O–H groups in total. The molecule has 168 valence electrons. The molecule has 0 spiro atoms. The van der Waals surface area contributed by atoms with E-state index in [2.05, 4.69) is 65.8 Å². The van der Waals surface area contributed by atoms with Gasteiger partial charge in [-0.1, -0.05) is 24.3 Å². The van der Waals surface area contributed by atoms with Crippen LogP contribution in [-0.4, -0.2) is 43.8 Å². The highest BCUT2D eigenvalue weighted by atomic mass is 16.5. The Labute approximate surface area is 185 Å². The number of nitrogens with one attached hydrogen (secondary N) is 2. The Balaban J connectivity index is 1.97. The van der Waals surface area contributed by atoms with Gasteiger partial charge >= 0.3 is 6.03 Å². The molecule has 1 aliphatic heterocycles. The predicted molar refractivity (Wildman–Crippen MR) is 124 cm³/mol. The van der Waals surface area contributed by atoms with Gasteiger partial charge < -0.3 is 20.1 Å². The molecule has 0 bridgehead atoms. The Morgan fingerprint density at radius 3 is 2.42 bits per heavy atom. The van der Waals surface area contributed by atoms with Crippen molar-refractivity contribution in [2.75, 3.05) is 20.8 Å². The van der Waals surface area contributed by atoms with E-state index in [0.29, 0.717) is 5.75 Å². The summed E-state index contributed by atoms with van der Waals surface area (Å²) in [6, 6.07) is 12.5. The number of nitrogens with zero attached hydrogens (tertiary/aromatic N) is 1. The summed E-state index contributed by atoms with van der Waals surface area (Å²) in [7, 11) is 3.32. The molecule has 2 amide bonds. The molecular formula is C25H35N3O3. The Bertz CT molecular complexity index is 913. The molecule has 2 atom stereocenters. The number of hydrogen-bond acceptors (Lipinski definition) is 4. The van der Waals surface area contributed by atoms with Crippen molar-refractivity contribution in [1.29, 1.82) is 0 Å². The number of carbonyl (C=O) groups is 1. The smallest absolute Gasteiger partial charge is 0.315 e. The van der Waals surface area contributed by atoms with Crippen LogP contribution in [0, 0.1) is 6.92 Å². The van der Waals surface area contributed by atoms with E-state index in [1.54, 1.807) is 14.2 Å². The maximum Gasteiger partial charge on any atom is 0.315 e. The van der Waals surface area contributed by atoms with Crippen LogP contribution in [0.4, 0.5) is 4.79 Å². The van der Waals surface area contributed by atoms with Crippen molar-refractivity contribution in [3.63, 3.8) is 0 Å². The first kappa shape index (κ1) is 22.9. The molecule has 2 aromatic rings. The fraction of sp³-hybridized carbons (Fsp3) is 0.480. The number of aryl methyl sites for hydroxylation is 1. The molecule has 2 aromatic carbocycles. The third kappa shape index (κ3) is 5.31. The third-order valence-corrected chi connectivity index (χ3v) is 5.91. The molecule has 0 fully saturated rings. The molecule has 0 radical (unpaired) electrons. The van der Waals surface area contributed by atoms with E-state index >= 15 is 0 Å². The maximum atomic E-state index is 12.5. The molecule has 0 saturated carbocycles. The van der Waals surface area contributed by atoms with Gasteiger partial charge in [0.05, 0.1) is 20.3 Å². The van der Waals surface area contributed by atoms with Gasteiger partial charge in [-0.2, -0.15) is 0 Å². The average molecular weight is 426 g/mol. The topological polar surface area (TPSA) is 62.8 Å². The summed E-state index contributed by atoms with van der Waals surface area (Å²) < 4.78 is 11.1. The number of rotatable bonds is 7. The van der Waals surface area contributed by atoms with Crippen LogP contribution < -0.4 is 20.1 Å². The van der Waals surface area contributed by atoms with E-state index in [9.17, 15) is 4.79 Å². The zero-order valence-electron chi connectivity index (χ0n) is 19.5. The number of hydrogen-bond donors (Lipinski definition) is 2. The lowest BCUT2D eigenvalue weighted by Crippen LogP contribution is -2.50. The van der Waals surface area contributed by atoms with Gasteiger partial charge in [0, 0.05) is 25.2 Å². The second-order valence-corrected chi connectivity index (χ2v) is 8.56. The molecule has 6 nitrogen and oxygen atoms in total. The molecule has 0 unspecified atom stereocenters. The van der Waals surface area contributed by atoms with Crippen molar-refractivity contribution in [1.82, 2.24) is 15.5 Å². The van der Waals surface area contributed by atoms with Gasteiger partial charge in [-0.15, -0.1) is 0 Å². The summed E-state index contributed by atoms with van der Waals surface area (Å²) in [6.45, 7) is 9.86. The summed E-state index contributed by atoms with van der Waals surface area (Å²) in [5, 5.41) is 6.09. The largest absolute Gasteiger partial charge is 0.493 e. The Morgan fingerprint density at radius 1 is 1.10 bits per heavy atom. The number of carbonyl (C=O) groups excluding carboxylic acids is 1. The third-order valence-electron chi connectivity index (χ3n) is 5.91. The van der Waals surface area contributed by atoms with E-state index in [4.69, 9.17) is 9.47 Å². The monoisotopic (exact) mass is 425 g/mol. The fourth-order valence-corrected chi connectivity index (χ4v) is 4.39. The highest BCUT2D eigenvalue weighted by Gasteiger charge is 2.34. The van der Waals surface area contributed by atoms with Crippen molar-refractivity contribution in [3.8, 4) is 11.5 Å². The summed E-state index contributed by atoms with van der Waals surface area (Å²) in [5.41, 5.74) is 4.99. The molecule has 1 aliphatic rings. The molecule has 6 heteroatoms. The van der Waals surface area contributed by atoms with Crippen molar-refractivity contribution >= 4 is 6.03 Å². The van der Waals surface area contributed by atoms with Crippen molar-refractivity contribution in [2.24, 2.45) is 0 Å². The van der Waals surface area contributed by atoms with Gasteiger partial charge in [-0.05, 0) is 68.5 Å². The zero-order chi connectivity index (χ0) is 22.5. The molecule has 0 saturated heterocycles. The Morgan fingerprint density at radius 2 is 1.77 bits per heavy atom. The van der Waals surface area contributed by atoms with Crippen LogP contribution in [0.2, 0.25) is 0 Å². The van der Waals surface area contributed by atoms with Crippen LogP contribution in [0.25, 0.3) is 0 Å². The number of benzene rings is 2. The number of amides is 2. The lowest BCUT2D eigenvalue weighted by atomic mass is 9.87. The van der Waals surface area contributed by atoms with Gasteiger partial charge in [0.1, 0.15) is 0 Å². The van der Waals surface area contributed by atoms with Crippen molar-refractivity contribution in [3.05, 3.63) is 58.7 Å². The van der Waals surface area contributed by atoms with Crippen LogP contribution in [0.5, 0.6) is 11.5 Å². The summed E-state index contributed by atoms with van der Waals surface area (Å²) in [4.78, 5) is 14.9. The second-order valence-electron chi connectivity index (χ2n) is 8.56. The molecule has 0 aliphatic carbocycles. The predicted octanol–water partition coefficient (Wildman–Crippen LogP) is 4.21. The van der Waals surface area contributed by atoms with Gasteiger partial charge in [0.2, 0.25) is 0 Å². The van der Waals surface area contributed by atoms with Gasteiger partial charge in [-0.25, -0.2) is 4.79 Å². The standard InChI is InChI=1S/C25H35N3O3/c1-16(2)26-25(29)27-18(4)24-21-14-23(31-6)22(30-5)13-19(21)11-12-28(24)15-20-10-8-7-9-17(20)3/h7-10,13-14,16,18,24H,11-12,15H2,1-6H3,(H2,26,27,29)/t18-,24-/m1/s1. The molecule has 0 aromatic heterocycles. The zero-order valence-corrected chi connectivity index (χ0v) is 19.5. The van der Waals surface area contributed by atoms with Crippen LogP contribution in [-0.2, 0) is 13.0 Å². The van der Waals surface area contributed by atoms with Gasteiger partial charge in [-0.3, -0.25) is 4.90 Å². The Kier molecular flexibility index (Phi) is 7.44. The number of methoxy groups -OCH3 is 2. The van der Waals surface area contributed by atoms with E-state index in [1.165, 1.54) is 22.3 Å². The minimum atomic E-state index is -0.147. The average Bonchev–Trinajstić information content (AvgIpc) is 2.73. The summed E-state index contributed by atoms with van der Waals surface area (Å²) in [5.74, 6) is 1.45. The van der Waals surface area contributed by atoms with E-state index < -0.39 is 0 Å². The minimum Gasteiger partial charge on any atom is -0.493 e. The maximum absolute atomic E-state index is 12.5. The van der Waals surface area contributed by atoms with Crippen LogP contribution >= 0.6 is 0 Å². The van der Waals surface area contributed by atoms with Crippen molar-refractivity contribution in [2.45, 2.75) is 58.8 Å². The van der Waals surface area contributed by atoms with Gasteiger partial charge in [0.15, 0.2) is 11.5 Å². The normalized spacial score (nSPS) is 17.1. The van der Waals surface area contributed by atoms with E-state index in [0.717, 1.165) is 25.3 Å². The fourth-order valence-electron chi connectivity index (χ4n) is 4.39. The first-order valence-electron chi connectivity index (χ1n) is 10.9. The first-order valence-corrected chi connectivity index (χ1v) is 10.9. The van der Waals surface area contributed by atoms with Crippen LogP contribution in [0.1, 0.15) is 49.1 Å². The summed E-state index contributed by atoms with van der Waals surface area (Å²) >= 11 is 0. The van der Waals surface area contributed by atoms with Crippen LogP contribution in [0.3, 0.4) is 0 Å². The van der Waals surface area contributed by atoms with Crippen molar-refractivity contribution < 1.29 is 14.3 Å². The first-order chi connectivity index (χ1) is 14.8. The Hall–Kier alpha value is -2.73. The van der Waals surface area contributed by atoms with Gasteiger partial charge in [0.25, 0.3) is 0 Å². The number of fused-ring (bicyclic) bond motifs is 1. The summed E-state index contributed by atoms with van der Waals surface area (Å²) in [6.07, 6.45) is 0.920. The van der Waals surface area contributed by atoms with E-state index in [-0.39, 0.29) is 24.2 Å². The second kappa shape index (κ2) is 10.1. The van der Waals surface area contributed by atoms with Crippen LogP contribution in [0.15, 0.2) is 36.4 Å². The quantitative estimate of drug-likeness (QED) is 0.698. The minimum absolute atomic E-state index is 0.0149. The lowest BCUT2D eigenvalue weighted by Gasteiger charge is -2.41. The molecular weight excluding hydrogens is 390 g/mol. The molecule has 1 heterocycles. The van der Waals surface area contributed by atoms with E-state index in [1.807, 2.05) is 13.8 Å². The number of ether oxygens (including phenoxy) is 2. The SMILES string of the molecule is COc1cc2c(cc1OC)[C@@H]([C@@H](C)NC(=O)NC(C)C)N(Cc1ccccc1C)CC2. The lowest BCUT2D eigenvalue weighted by molar-refractivity contribution is 0.142. The number of urea groups is 1. The molecule has 3 rings (SSSR count). The highest BCUT2D eigenvalue weighted by Crippen LogP contribution is 2.40. The highest BCUT2D eigenvalue weighted by molar-refractivity contribution is 5.74. The molecule has 31 heavy (non-hydrogen) atoms.